The number of rotatable bonds is 8. The second kappa shape index (κ2) is 11.1. The van der Waals surface area contributed by atoms with Crippen LogP contribution in [0.4, 0.5) is 5.69 Å². The molecule has 3 aromatic rings. The minimum Gasteiger partial charge on any atom is -0.507 e. The van der Waals surface area contributed by atoms with Crippen LogP contribution in [0.5, 0.6) is 5.75 Å². The van der Waals surface area contributed by atoms with Crippen molar-refractivity contribution in [2.24, 2.45) is 0 Å². The topological polar surface area (TPSA) is 105 Å². The molecule has 2 N–H and O–H groups in total. The van der Waals surface area contributed by atoms with Crippen molar-refractivity contribution >= 4 is 30.0 Å². The molecule has 7 nitrogen and oxygen atoms in total. The van der Waals surface area contributed by atoms with Crippen LogP contribution < -0.4 is 4.90 Å². The standard InChI is InChI=1S/C27H25N3O4S/c28-16-19-3-8-24(9-4-19)35-30-13-11-22(12-14-30)21-5-1-20(2-6-21)17-29(18-31)23-7-10-25(27(33)34)26(32)15-23/h1-10,15,18,22,32H,11-14,17H2,(H,33,34). The number of carbonyl (C=O) groups is 2. The van der Waals surface area contributed by atoms with E-state index in [-0.39, 0.29) is 11.3 Å². The molecule has 0 aliphatic carbocycles. The molecule has 0 bridgehead atoms. The van der Waals surface area contributed by atoms with Gasteiger partial charge in [-0.1, -0.05) is 24.3 Å². The third-order valence-electron chi connectivity index (χ3n) is 6.15. The number of carboxylic acids is 1. The average Bonchev–Trinajstić information content (AvgIpc) is 2.88. The molecule has 1 aliphatic rings. The Morgan fingerprint density at radius 1 is 1.09 bits per heavy atom. The van der Waals surface area contributed by atoms with E-state index in [9.17, 15) is 14.7 Å². The van der Waals surface area contributed by atoms with Gasteiger partial charge in [0.1, 0.15) is 11.3 Å². The Morgan fingerprint density at radius 2 is 1.77 bits per heavy atom. The van der Waals surface area contributed by atoms with Crippen LogP contribution in [0.25, 0.3) is 0 Å². The number of piperidine rings is 1. The van der Waals surface area contributed by atoms with E-state index in [4.69, 9.17) is 10.4 Å². The number of aromatic carboxylic acids is 1. The molecule has 0 saturated carbocycles. The molecular weight excluding hydrogens is 462 g/mol. The number of hydrogen-bond donors (Lipinski definition) is 2. The number of nitrogens with zero attached hydrogens (tertiary/aromatic N) is 3. The monoisotopic (exact) mass is 487 g/mol. The molecule has 0 spiro atoms. The number of aromatic hydroxyl groups is 1. The zero-order valence-electron chi connectivity index (χ0n) is 19.0. The van der Waals surface area contributed by atoms with Gasteiger partial charge in [0.2, 0.25) is 6.41 Å². The number of anilines is 1. The first kappa shape index (κ1) is 24.3. The van der Waals surface area contributed by atoms with Gasteiger partial charge in [-0.3, -0.25) is 4.79 Å². The van der Waals surface area contributed by atoms with Gasteiger partial charge in [-0.15, -0.1) is 0 Å². The molecule has 3 aromatic carbocycles. The van der Waals surface area contributed by atoms with Gasteiger partial charge >= 0.3 is 5.97 Å². The van der Waals surface area contributed by atoms with Crippen LogP contribution in [-0.4, -0.2) is 40.0 Å². The van der Waals surface area contributed by atoms with E-state index in [2.05, 4.69) is 22.5 Å². The van der Waals surface area contributed by atoms with Crippen molar-refractivity contribution in [2.75, 3.05) is 18.0 Å². The zero-order chi connectivity index (χ0) is 24.8. The third-order valence-corrected chi connectivity index (χ3v) is 7.25. The van der Waals surface area contributed by atoms with Crippen LogP contribution in [0, 0.1) is 11.3 Å². The SMILES string of the molecule is N#Cc1ccc(SN2CCC(c3ccc(CN(C=O)c4ccc(C(=O)O)c(O)c4)cc3)CC2)cc1. The average molecular weight is 488 g/mol. The summed E-state index contributed by atoms with van der Waals surface area (Å²) >= 11 is 1.73. The summed E-state index contributed by atoms with van der Waals surface area (Å²) in [5, 5.41) is 27.9. The minimum atomic E-state index is -1.22. The lowest BCUT2D eigenvalue weighted by Crippen LogP contribution is -2.27. The molecule has 1 fully saturated rings. The van der Waals surface area contributed by atoms with Crippen LogP contribution in [0.3, 0.4) is 0 Å². The van der Waals surface area contributed by atoms with Gasteiger partial charge in [0, 0.05) is 29.7 Å². The highest BCUT2D eigenvalue weighted by molar-refractivity contribution is 7.97. The van der Waals surface area contributed by atoms with Crippen molar-refractivity contribution in [1.82, 2.24) is 4.31 Å². The van der Waals surface area contributed by atoms with Crippen molar-refractivity contribution in [3.05, 3.63) is 89.0 Å². The predicted octanol–water partition coefficient (Wildman–Crippen LogP) is 5.01. The Hall–Kier alpha value is -3.80. The fourth-order valence-electron chi connectivity index (χ4n) is 4.18. The summed E-state index contributed by atoms with van der Waals surface area (Å²) in [6.07, 6.45) is 2.78. The summed E-state index contributed by atoms with van der Waals surface area (Å²) in [6.45, 7) is 2.27. The highest BCUT2D eigenvalue weighted by atomic mass is 32.2. The summed E-state index contributed by atoms with van der Waals surface area (Å²) in [7, 11) is 0. The Bertz CT molecular complexity index is 1230. The molecule has 1 amide bonds. The molecule has 178 valence electrons. The zero-order valence-corrected chi connectivity index (χ0v) is 19.8. The second-order valence-electron chi connectivity index (χ2n) is 8.41. The Balaban J connectivity index is 1.33. The lowest BCUT2D eigenvalue weighted by atomic mass is 9.90. The molecule has 1 aliphatic heterocycles. The van der Waals surface area contributed by atoms with Crippen LogP contribution in [0.1, 0.15) is 45.8 Å². The van der Waals surface area contributed by atoms with Gasteiger partial charge in [0.15, 0.2) is 0 Å². The number of phenols is 1. The first-order chi connectivity index (χ1) is 17.0. The molecule has 35 heavy (non-hydrogen) atoms. The van der Waals surface area contributed by atoms with Crippen LogP contribution >= 0.6 is 11.9 Å². The van der Waals surface area contributed by atoms with Gasteiger partial charge < -0.3 is 15.1 Å². The van der Waals surface area contributed by atoms with Gasteiger partial charge in [0.25, 0.3) is 0 Å². The number of benzene rings is 3. The maximum absolute atomic E-state index is 11.7. The van der Waals surface area contributed by atoms with Gasteiger partial charge in [-0.2, -0.15) is 5.26 Å². The molecule has 0 unspecified atom stereocenters. The van der Waals surface area contributed by atoms with Crippen LogP contribution in [-0.2, 0) is 11.3 Å². The van der Waals surface area contributed by atoms with E-state index in [1.807, 2.05) is 36.4 Å². The molecule has 0 radical (unpaired) electrons. The van der Waals surface area contributed by atoms with Crippen molar-refractivity contribution in [3.63, 3.8) is 0 Å². The fraction of sp³-hybridized carbons (Fsp3) is 0.222. The fourth-order valence-corrected chi connectivity index (χ4v) is 5.13. The summed E-state index contributed by atoms with van der Waals surface area (Å²) in [5.41, 5.74) is 3.11. The lowest BCUT2D eigenvalue weighted by Gasteiger charge is -2.31. The minimum absolute atomic E-state index is 0.203. The van der Waals surface area contributed by atoms with Gasteiger partial charge in [0.05, 0.1) is 18.2 Å². The van der Waals surface area contributed by atoms with E-state index in [0.29, 0.717) is 30.1 Å². The quantitative estimate of drug-likeness (QED) is 0.340. The molecular formula is C27H25N3O4S. The molecule has 4 rings (SSSR count). The predicted molar refractivity (Wildman–Crippen MR) is 134 cm³/mol. The number of hydrogen-bond acceptors (Lipinski definition) is 6. The van der Waals surface area contributed by atoms with E-state index in [0.717, 1.165) is 36.4 Å². The first-order valence-electron chi connectivity index (χ1n) is 11.3. The Morgan fingerprint density at radius 3 is 2.34 bits per heavy atom. The summed E-state index contributed by atoms with van der Waals surface area (Å²) < 4.78 is 2.36. The third kappa shape index (κ3) is 6.01. The van der Waals surface area contributed by atoms with Crippen LogP contribution in [0.15, 0.2) is 71.6 Å². The van der Waals surface area contributed by atoms with Crippen LogP contribution in [0.2, 0.25) is 0 Å². The molecule has 1 saturated heterocycles. The van der Waals surface area contributed by atoms with Crippen molar-refractivity contribution < 1.29 is 19.8 Å². The number of nitriles is 1. The van der Waals surface area contributed by atoms with Gasteiger partial charge in [-0.25, -0.2) is 9.10 Å². The van der Waals surface area contributed by atoms with E-state index < -0.39 is 5.97 Å². The second-order valence-corrected chi connectivity index (χ2v) is 9.58. The first-order valence-corrected chi connectivity index (χ1v) is 12.0. The summed E-state index contributed by atoms with van der Waals surface area (Å²) in [5.74, 6) is -1.12. The summed E-state index contributed by atoms with van der Waals surface area (Å²) in [4.78, 5) is 25.3. The number of carbonyl (C=O) groups excluding carboxylic acids is 1. The summed E-state index contributed by atoms with van der Waals surface area (Å²) in [6, 6.07) is 22.1. The molecule has 0 atom stereocenters. The lowest BCUT2D eigenvalue weighted by molar-refractivity contribution is -0.107. The largest absolute Gasteiger partial charge is 0.507 e. The van der Waals surface area contributed by atoms with Crippen molar-refractivity contribution in [1.29, 1.82) is 5.26 Å². The van der Waals surface area contributed by atoms with E-state index in [1.165, 1.54) is 28.7 Å². The maximum atomic E-state index is 11.7. The highest BCUT2D eigenvalue weighted by Gasteiger charge is 2.21. The molecule has 1 heterocycles. The Kier molecular flexibility index (Phi) is 7.70. The van der Waals surface area contributed by atoms with E-state index in [1.54, 1.807) is 11.9 Å². The van der Waals surface area contributed by atoms with Crippen molar-refractivity contribution in [2.45, 2.75) is 30.2 Å². The highest BCUT2D eigenvalue weighted by Crippen LogP contribution is 2.33. The molecule has 0 aromatic heterocycles. The molecule has 8 heteroatoms. The Labute approximate surface area is 208 Å². The number of amides is 1. The normalized spacial score (nSPS) is 14.3. The number of carboxylic acid groups (broad SMARTS) is 1. The van der Waals surface area contributed by atoms with Gasteiger partial charge in [-0.05, 0) is 78.2 Å². The van der Waals surface area contributed by atoms with Crippen molar-refractivity contribution in [3.8, 4) is 11.8 Å². The smallest absolute Gasteiger partial charge is 0.339 e. The van der Waals surface area contributed by atoms with E-state index >= 15 is 0 Å². The maximum Gasteiger partial charge on any atom is 0.339 e.